The smallest absolute Gasteiger partial charge is 0.0175 e. The molecule has 2 rings (SSSR count). The van der Waals surface area contributed by atoms with Crippen molar-refractivity contribution in [3.63, 3.8) is 0 Å². The zero-order valence-corrected chi connectivity index (χ0v) is 13.1. The second-order valence-electron chi connectivity index (χ2n) is 5.11. The molecule has 1 atom stereocenters. The Balaban J connectivity index is 2.18. The zero-order valence-electron chi connectivity index (χ0n) is 11.5. The van der Waals surface area contributed by atoms with Crippen molar-refractivity contribution in [2.75, 3.05) is 6.54 Å². The molecule has 0 aliphatic rings. The van der Waals surface area contributed by atoms with Crippen LogP contribution < -0.4 is 5.73 Å². The van der Waals surface area contributed by atoms with E-state index in [1.54, 1.807) is 0 Å². The van der Waals surface area contributed by atoms with Gasteiger partial charge in [-0.3, -0.25) is 0 Å². The van der Waals surface area contributed by atoms with Crippen LogP contribution in [0.3, 0.4) is 0 Å². The summed E-state index contributed by atoms with van der Waals surface area (Å²) in [6.07, 6.45) is 0.999. The van der Waals surface area contributed by atoms with Crippen LogP contribution in [0.15, 0.2) is 46.9 Å². The number of aryl methyl sites for hydroxylation is 2. The number of nitrogens with two attached hydrogens (primary N) is 1. The van der Waals surface area contributed by atoms with E-state index in [4.69, 9.17) is 5.73 Å². The molecule has 0 bridgehead atoms. The molecule has 0 heterocycles. The van der Waals surface area contributed by atoms with Crippen molar-refractivity contribution < 1.29 is 0 Å². The number of rotatable bonds is 4. The molecule has 0 aromatic heterocycles. The monoisotopic (exact) mass is 317 g/mol. The molecule has 0 amide bonds. The van der Waals surface area contributed by atoms with Crippen molar-refractivity contribution in [2.24, 2.45) is 5.73 Å². The van der Waals surface area contributed by atoms with Crippen LogP contribution in [0, 0.1) is 13.8 Å². The Morgan fingerprint density at radius 3 is 2.26 bits per heavy atom. The quantitative estimate of drug-likeness (QED) is 0.891. The molecular weight excluding hydrogens is 298 g/mol. The van der Waals surface area contributed by atoms with Crippen LogP contribution >= 0.6 is 15.9 Å². The van der Waals surface area contributed by atoms with Crippen molar-refractivity contribution in [3.8, 4) is 0 Å². The van der Waals surface area contributed by atoms with Gasteiger partial charge in [0.2, 0.25) is 0 Å². The van der Waals surface area contributed by atoms with Crippen LogP contribution in [-0.4, -0.2) is 6.54 Å². The fourth-order valence-electron chi connectivity index (χ4n) is 2.29. The maximum atomic E-state index is 5.95. The van der Waals surface area contributed by atoms with Gasteiger partial charge in [-0.05, 0) is 61.2 Å². The number of hydrogen-bond donors (Lipinski definition) is 1. The van der Waals surface area contributed by atoms with E-state index in [0.29, 0.717) is 12.5 Å². The lowest BCUT2D eigenvalue weighted by atomic mass is 9.91. The van der Waals surface area contributed by atoms with E-state index in [0.717, 1.165) is 10.9 Å². The van der Waals surface area contributed by atoms with E-state index in [-0.39, 0.29) is 0 Å². The van der Waals surface area contributed by atoms with E-state index in [1.165, 1.54) is 22.3 Å². The van der Waals surface area contributed by atoms with Gasteiger partial charge in [-0.1, -0.05) is 46.3 Å². The van der Waals surface area contributed by atoms with Crippen molar-refractivity contribution >= 4 is 15.9 Å². The highest BCUT2D eigenvalue weighted by atomic mass is 79.9. The van der Waals surface area contributed by atoms with Crippen LogP contribution in [-0.2, 0) is 6.42 Å². The summed E-state index contributed by atoms with van der Waals surface area (Å²) in [5.41, 5.74) is 11.3. The summed E-state index contributed by atoms with van der Waals surface area (Å²) in [6, 6.07) is 15.2. The van der Waals surface area contributed by atoms with Crippen molar-refractivity contribution in [3.05, 3.63) is 69.2 Å². The Labute approximate surface area is 124 Å². The van der Waals surface area contributed by atoms with Crippen LogP contribution in [0.2, 0.25) is 0 Å². The minimum atomic E-state index is 0.384. The van der Waals surface area contributed by atoms with Gasteiger partial charge in [-0.15, -0.1) is 0 Å². The second kappa shape index (κ2) is 6.36. The predicted octanol–water partition coefficient (Wildman–Crippen LogP) is 4.35. The van der Waals surface area contributed by atoms with Crippen molar-refractivity contribution in [2.45, 2.75) is 26.2 Å². The Hall–Kier alpha value is -1.12. The first-order valence-electron chi connectivity index (χ1n) is 6.62. The SMILES string of the molecule is Cc1ccc(CC(CN)c2ccc(Br)cc2)cc1C. The number of hydrogen-bond acceptors (Lipinski definition) is 1. The summed E-state index contributed by atoms with van der Waals surface area (Å²) >= 11 is 3.47. The summed E-state index contributed by atoms with van der Waals surface area (Å²) in [7, 11) is 0. The molecule has 100 valence electrons. The van der Waals surface area contributed by atoms with Crippen LogP contribution in [0.4, 0.5) is 0 Å². The summed E-state index contributed by atoms with van der Waals surface area (Å²) in [4.78, 5) is 0. The molecule has 0 aliphatic carbocycles. The minimum Gasteiger partial charge on any atom is -0.330 e. The third kappa shape index (κ3) is 3.68. The zero-order chi connectivity index (χ0) is 13.8. The highest BCUT2D eigenvalue weighted by Gasteiger charge is 2.11. The Morgan fingerprint density at radius 2 is 1.68 bits per heavy atom. The van der Waals surface area contributed by atoms with E-state index in [2.05, 4.69) is 72.2 Å². The fourth-order valence-corrected chi connectivity index (χ4v) is 2.55. The highest BCUT2D eigenvalue weighted by molar-refractivity contribution is 9.10. The molecule has 19 heavy (non-hydrogen) atoms. The topological polar surface area (TPSA) is 26.0 Å². The molecule has 2 heteroatoms. The molecule has 1 unspecified atom stereocenters. The van der Waals surface area contributed by atoms with Gasteiger partial charge >= 0.3 is 0 Å². The molecule has 2 aromatic rings. The van der Waals surface area contributed by atoms with Crippen LogP contribution in [0.1, 0.15) is 28.2 Å². The Bertz CT molecular complexity index is 546. The largest absolute Gasteiger partial charge is 0.330 e. The predicted molar refractivity (Wildman–Crippen MR) is 85.6 cm³/mol. The van der Waals surface area contributed by atoms with Crippen molar-refractivity contribution in [1.29, 1.82) is 0 Å². The molecule has 0 saturated heterocycles. The Morgan fingerprint density at radius 1 is 1.00 bits per heavy atom. The second-order valence-corrected chi connectivity index (χ2v) is 6.02. The summed E-state index contributed by atoms with van der Waals surface area (Å²) in [6.45, 7) is 4.98. The molecule has 1 nitrogen and oxygen atoms in total. The van der Waals surface area contributed by atoms with E-state index in [1.807, 2.05) is 0 Å². The maximum absolute atomic E-state index is 5.95. The summed E-state index contributed by atoms with van der Waals surface area (Å²) in [5.74, 6) is 0.384. The summed E-state index contributed by atoms with van der Waals surface area (Å²) in [5, 5.41) is 0. The molecule has 0 fully saturated rings. The van der Waals surface area contributed by atoms with Gasteiger partial charge < -0.3 is 5.73 Å². The molecule has 2 aromatic carbocycles. The molecule has 0 spiro atoms. The lowest BCUT2D eigenvalue weighted by Gasteiger charge is -2.16. The lowest BCUT2D eigenvalue weighted by molar-refractivity contribution is 0.694. The molecule has 2 N–H and O–H groups in total. The summed E-state index contributed by atoms with van der Waals surface area (Å²) < 4.78 is 1.11. The first kappa shape index (κ1) is 14.3. The van der Waals surface area contributed by atoms with Gasteiger partial charge in [0.05, 0.1) is 0 Å². The maximum Gasteiger partial charge on any atom is 0.0175 e. The third-order valence-corrected chi connectivity index (χ3v) is 4.21. The van der Waals surface area contributed by atoms with Gasteiger partial charge in [-0.25, -0.2) is 0 Å². The first-order chi connectivity index (χ1) is 9.10. The van der Waals surface area contributed by atoms with Gasteiger partial charge in [-0.2, -0.15) is 0 Å². The molecule has 0 aliphatic heterocycles. The average Bonchev–Trinajstić information content (AvgIpc) is 2.41. The van der Waals surface area contributed by atoms with Gasteiger partial charge in [0.15, 0.2) is 0 Å². The van der Waals surface area contributed by atoms with Crippen molar-refractivity contribution in [1.82, 2.24) is 0 Å². The van der Waals surface area contributed by atoms with Gasteiger partial charge in [0.25, 0.3) is 0 Å². The minimum absolute atomic E-state index is 0.384. The molecular formula is C17H20BrN. The Kier molecular flexibility index (Phi) is 4.78. The molecule has 0 radical (unpaired) electrons. The first-order valence-corrected chi connectivity index (χ1v) is 7.41. The highest BCUT2D eigenvalue weighted by Crippen LogP contribution is 2.23. The number of benzene rings is 2. The van der Waals surface area contributed by atoms with E-state index >= 15 is 0 Å². The lowest BCUT2D eigenvalue weighted by Crippen LogP contribution is -2.15. The molecule has 0 saturated carbocycles. The van der Waals surface area contributed by atoms with Gasteiger partial charge in [0.1, 0.15) is 0 Å². The third-order valence-electron chi connectivity index (χ3n) is 3.68. The van der Waals surface area contributed by atoms with E-state index in [9.17, 15) is 0 Å². The fraction of sp³-hybridized carbons (Fsp3) is 0.294. The van der Waals surface area contributed by atoms with Gasteiger partial charge in [0, 0.05) is 10.4 Å². The van der Waals surface area contributed by atoms with Crippen LogP contribution in [0.5, 0.6) is 0 Å². The normalized spacial score (nSPS) is 12.4. The number of halogens is 1. The standard InChI is InChI=1S/C17H20BrN/c1-12-3-4-14(9-13(12)2)10-16(11-19)15-5-7-17(18)8-6-15/h3-9,16H,10-11,19H2,1-2H3. The average molecular weight is 318 g/mol. The van der Waals surface area contributed by atoms with E-state index < -0.39 is 0 Å². The van der Waals surface area contributed by atoms with Crippen LogP contribution in [0.25, 0.3) is 0 Å².